The number of nitrogens with one attached hydrogen (secondary N) is 2. The predicted octanol–water partition coefficient (Wildman–Crippen LogP) is 1.66. The van der Waals surface area contributed by atoms with Gasteiger partial charge in [-0.2, -0.15) is 0 Å². The molecule has 23 heavy (non-hydrogen) atoms. The van der Waals surface area contributed by atoms with Gasteiger partial charge in [-0.05, 0) is 51.0 Å². The summed E-state index contributed by atoms with van der Waals surface area (Å²) in [6.07, 6.45) is 0.658. The average molecular weight is 315 g/mol. The number of carbonyl (C=O) groups excluding carboxylic acids is 3. The summed E-state index contributed by atoms with van der Waals surface area (Å²) in [6.45, 7) is 6.61. The number of hydrogen-bond acceptors (Lipinski definition) is 4. The average Bonchev–Trinajstić information content (AvgIpc) is 2.74. The first-order valence-electron chi connectivity index (χ1n) is 7.80. The van der Waals surface area contributed by atoms with Gasteiger partial charge in [0.2, 0.25) is 11.8 Å². The zero-order valence-electron chi connectivity index (χ0n) is 13.6. The van der Waals surface area contributed by atoms with Crippen LogP contribution in [-0.2, 0) is 16.1 Å². The Morgan fingerprint density at radius 2 is 1.96 bits per heavy atom. The zero-order valence-corrected chi connectivity index (χ0v) is 13.6. The summed E-state index contributed by atoms with van der Waals surface area (Å²) in [4.78, 5) is 37.4. The second kappa shape index (κ2) is 5.37. The van der Waals surface area contributed by atoms with Crippen LogP contribution in [0.2, 0.25) is 0 Å². The highest BCUT2D eigenvalue weighted by molar-refractivity contribution is 6.05. The molecule has 0 aliphatic carbocycles. The van der Waals surface area contributed by atoms with E-state index in [1.54, 1.807) is 11.0 Å². The molecule has 122 valence electrons. The lowest BCUT2D eigenvalue weighted by Crippen LogP contribution is -2.52. The van der Waals surface area contributed by atoms with Crippen molar-refractivity contribution in [2.75, 3.05) is 5.32 Å². The normalized spacial score (nSPS) is 21.3. The highest BCUT2D eigenvalue weighted by Crippen LogP contribution is 2.30. The van der Waals surface area contributed by atoms with Gasteiger partial charge in [-0.1, -0.05) is 0 Å². The topological polar surface area (TPSA) is 78.5 Å². The van der Waals surface area contributed by atoms with E-state index in [9.17, 15) is 14.4 Å². The third-order valence-electron chi connectivity index (χ3n) is 4.04. The van der Waals surface area contributed by atoms with Crippen molar-refractivity contribution in [1.82, 2.24) is 10.2 Å². The molecule has 1 fully saturated rings. The van der Waals surface area contributed by atoms with Crippen LogP contribution in [0, 0.1) is 0 Å². The molecular weight excluding hydrogens is 294 g/mol. The fraction of sp³-hybridized carbons (Fsp3) is 0.471. The van der Waals surface area contributed by atoms with E-state index in [0.29, 0.717) is 18.5 Å². The summed E-state index contributed by atoms with van der Waals surface area (Å²) in [5.41, 5.74) is 2.43. The molecule has 2 heterocycles. The van der Waals surface area contributed by atoms with Gasteiger partial charge in [-0.3, -0.25) is 19.7 Å². The lowest BCUT2D eigenvalue weighted by molar-refractivity contribution is -0.136. The molecule has 1 unspecified atom stereocenters. The number of rotatable bonds is 2. The van der Waals surface area contributed by atoms with E-state index >= 15 is 0 Å². The Hall–Kier alpha value is -2.37. The Morgan fingerprint density at radius 1 is 1.22 bits per heavy atom. The highest BCUT2D eigenvalue weighted by Gasteiger charge is 2.39. The van der Waals surface area contributed by atoms with E-state index in [0.717, 1.165) is 11.3 Å². The number of amides is 3. The first-order chi connectivity index (χ1) is 10.7. The third kappa shape index (κ3) is 3.06. The number of piperidine rings is 1. The summed E-state index contributed by atoms with van der Waals surface area (Å²) >= 11 is 0. The lowest BCUT2D eigenvalue weighted by atomic mass is 10.0. The van der Waals surface area contributed by atoms with Crippen LogP contribution in [0.15, 0.2) is 18.2 Å². The maximum Gasteiger partial charge on any atom is 0.255 e. The second-order valence-electron chi connectivity index (χ2n) is 7.15. The Balaban J connectivity index is 1.81. The van der Waals surface area contributed by atoms with Crippen LogP contribution in [0.3, 0.4) is 0 Å². The number of benzene rings is 1. The number of hydrogen-bond donors (Lipinski definition) is 2. The largest absolute Gasteiger partial charge is 0.380 e. The molecule has 3 amide bonds. The van der Waals surface area contributed by atoms with Crippen molar-refractivity contribution < 1.29 is 14.4 Å². The van der Waals surface area contributed by atoms with E-state index < -0.39 is 6.04 Å². The van der Waals surface area contributed by atoms with Gasteiger partial charge in [0, 0.05) is 29.8 Å². The fourth-order valence-electron chi connectivity index (χ4n) is 3.09. The smallest absolute Gasteiger partial charge is 0.255 e. The maximum atomic E-state index is 12.6. The number of carbonyl (C=O) groups is 3. The van der Waals surface area contributed by atoms with Gasteiger partial charge in [-0.15, -0.1) is 0 Å². The molecule has 0 aromatic heterocycles. The molecule has 2 N–H and O–H groups in total. The van der Waals surface area contributed by atoms with Gasteiger partial charge in [0.05, 0.1) is 0 Å². The van der Waals surface area contributed by atoms with Gasteiger partial charge in [0.15, 0.2) is 0 Å². The monoisotopic (exact) mass is 315 g/mol. The van der Waals surface area contributed by atoms with Crippen LogP contribution >= 0.6 is 0 Å². The van der Waals surface area contributed by atoms with E-state index in [1.807, 2.05) is 12.1 Å². The Labute approximate surface area is 135 Å². The molecule has 3 rings (SSSR count). The predicted molar refractivity (Wildman–Crippen MR) is 85.9 cm³/mol. The summed E-state index contributed by atoms with van der Waals surface area (Å²) < 4.78 is 0. The maximum absolute atomic E-state index is 12.6. The molecule has 1 aromatic rings. The highest BCUT2D eigenvalue weighted by atomic mass is 16.2. The van der Waals surface area contributed by atoms with Crippen molar-refractivity contribution in [2.45, 2.75) is 51.7 Å². The number of nitrogens with zero attached hydrogens (tertiary/aromatic N) is 1. The minimum atomic E-state index is -0.563. The number of fused-ring (bicyclic) bond motifs is 1. The van der Waals surface area contributed by atoms with Crippen LogP contribution in [0.1, 0.15) is 49.5 Å². The van der Waals surface area contributed by atoms with Gasteiger partial charge in [0.1, 0.15) is 6.04 Å². The molecule has 1 aromatic carbocycles. The van der Waals surface area contributed by atoms with Crippen molar-refractivity contribution in [3.63, 3.8) is 0 Å². The van der Waals surface area contributed by atoms with E-state index in [1.165, 1.54) is 0 Å². The Morgan fingerprint density at radius 3 is 2.61 bits per heavy atom. The second-order valence-corrected chi connectivity index (χ2v) is 7.15. The molecule has 0 radical (unpaired) electrons. The standard InChI is InChI=1S/C17H21N3O3/c1-17(2,3)19-11-4-5-12-10(8-11)9-20(16(12)23)13-6-7-14(21)18-15(13)22/h4-5,8,13,19H,6-7,9H2,1-3H3,(H,18,21,22). The summed E-state index contributed by atoms with van der Waals surface area (Å²) in [5.74, 6) is -0.792. The van der Waals surface area contributed by atoms with Gasteiger partial charge >= 0.3 is 0 Å². The first-order valence-corrected chi connectivity index (χ1v) is 7.80. The van der Waals surface area contributed by atoms with Crippen molar-refractivity contribution in [2.24, 2.45) is 0 Å². The molecule has 2 aliphatic rings. The lowest BCUT2D eigenvalue weighted by Gasteiger charge is -2.29. The third-order valence-corrected chi connectivity index (χ3v) is 4.04. The van der Waals surface area contributed by atoms with Crippen molar-refractivity contribution in [3.8, 4) is 0 Å². The van der Waals surface area contributed by atoms with Gasteiger partial charge < -0.3 is 10.2 Å². The minimum Gasteiger partial charge on any atom is -0.380 e. The minimum absolute atomic E-state index is 0.0693. The molecular formula is C17H21N3O3. The Bertz CT molecular complexity index is 691. The molecule has 1 atom stereocenters. The quantitative estimate of drug-likeness (QED) is 0.814. The molecule has 0 spiro atoms. The zero-order chi connectivity index (χ0) is 16.8. The molecule has 6 nitrogen and oxygen atoms in total. The molecule has 1 saturated heterocycles. The summed E-state index contributed by atoms with van der Waals surface area (Å²) in [5, 5.41) is 5.69. The van der Waals surface area contributed by atoms with E-state index in [4.69, 9.17) is 0 Å². The summed E-state index contributed by atoms with van der Waals surface area (Å²) in [7, 11) is 0. The van der Waals surface area contributed by atoms with Crippen LogP contribution in [0.4, 0.5) is 5.69 Å². The Kier molecular flexibility index (Phi) is 3.62. The number of anilines is 1. The van der Waals surface area contributed by atoms with Gasteiger partial charge in [0.25, 0.3) is 5.91 Å². The summed E-state index contributed by atoms with van der Waals surface area (Å²) in [6, 6.07) is 5.09. The van der Waals surface area contributed by atoms with Crippen molar-refractivity contribution in [3.05, 3.63) is 29.3 Å². The fourth-order valence-corrected chi connectivity index (χ4v) is 3.09. The molecule has 2 aliphatic heterocycles. The van der Waals surface area contributed by atoms with E-state index in [-0.39, 0.29) is 29.7 Å². The van der Waals surface area contributed by atoms with Crippen molar-refractivity contribution >= 4 is 23.4 Å². The van der Waals surface area contributed by atoms with Crippen LogP contribution in [0.25, 0.3) is 0 Å². The van der Waals surface area contributed by atoms with Crippen LogP contribution in [-0.4, -0.2) is 34.2 Å². The van der Waals surface area contributed by atoms with Crippen LogP contribution in [0.5, 0.6) is 0 Å². The molecule has 0 saturated carbocycles. The SMILES string of the molecule is CC(C)(C)Nc1ccc2c(c1)CN(C1CCC(=O)NC1=O)C2=O. The van der Waals surface area contributed by atoms with Crippen molar-refractivity contribution in [1.29, 1.82) is 0 Å². The molecule has 0 bridgehead atoms. The van der Waals surface area contributed by atoms with Gasteiger partial charge in [-0.25, -0.2) is 0 Å². The first kappa shape index (κ1) is 15.5. The molecule has 6 heteroatoms. The van der Waals surface area contributed by atoms with E-state index in [2.05, 4.69) is 31.4 Å². The number of imide groups is 1. The van der Waals surface area contributed by atoms with Crippen LogP contribution < -0.4 is 10.6 Å².